The van der Waals surface area contributed by atoms with Crippen LogP contribution in [0.5, 0.6) is 0 Å². The maximum Gasteiger partial charge on any atom is 1.00 e. The zero-order valence-electron chi connectivity index (χ0n) is 7.02. The molecule has 0 aromatic heterocycles. The normalized spacial score (nSPS) is 6.00. The summed E-state index contributed by atoms with van der Waals surface area (Å²) in [7, 11) is -1.14. The summed E-state index contributed by atoms with van der Waals surface area (Å²) in [6.07, 6.45) is 0. The number of hydrogen-bond acceptors (Lipinski definition) is 1. The molecule has 0 aromatic rings. The van der Waals surface area contributed by atoms with E-state index in [1.165, 1.54) is 0 Å². The fourth-order valence-corrected chi connectivity index (χ4v) is 0. The monoisotopic (exact) mass is 156 g/mol. The van der Waals surface area contributed by atoms with E-state index in [0.29, 0.717) is 0 Å². The van der Waals surface area contributed by atoms with E-state index in [9.17, 15) is 0 Å². The quantitative estimate of drug-likeness (QED) is 0.347. The standard InChI is InChI=1S/C2H8OSi.2K.2H/c1-4(2)3;;;;/h3-4H,1-2H3;;;;/q;2*+1;2*-1. The van der Waals surface area contributed by atoms with Crippen LogP contribution >= 0.6 is 0 Å². The Morgan fingerprint density at radius 1 is 1.33 bits per heavy atom. The first-order chi connectivity index (χ1) is 1.73. The van der Waals surface area contributed by atoms with Crippen LogP contribution in [0, 0.1) is 0 Å². The van der Waals surface area contributed by atoms with Crippen molar-refractivity contribution in [3.05, 3.63) is 0 Å². The molecule has 1 N–H and O–H groups in total. The molecule has 0 aromatic carbocycles. The van der Waals surface area contributed by atoms with Gasteiger partial charge in [-0.05, 0) is 13.1 Å². The van der Waals surface area contributed by atoms with Crippen LogP contribution in [0.25, 0.3) is 0 Å². The zero-order valence-corrected chi connectivity index (χ0v) is 12.4. The minimum Gasteiger partial charge on any atom is -1.00 e. The molecular weight excluding hydrogens is 146 g/mol. The van der Waals surface area contributed by atoms with E-state index < -0.39 is 9.04 Å². The van der Waals surface area contributed by atoms with Crippen molar-refractivity contribution in [3.8, 4) is 0 Å². The van der Waals surface area contributed by atoms with Crippen LogP contribution in [0.3, 0.4) is 0 Å². The first kappa shape index (κ1) is 16.2. The Balaban J connectivity index is -0.00000000750. The summed E-state index contributed by atoms with van der Waals surface area (Å²) >= 11 is 0. The van der Waals surface area contributed by atoms with Crippen molar-refractivity contribution in [1.29, 1.82) is 0 Å². The Kier molecular flexibility index (Phi) is 30.5. The molecule has 0 aliphatic heterocycles. The molecule has 0 saturated carbocycles. The molecule has 0 amide bonds. The van der Waals surface area contributed by atoms with Gasteiger partial charge in [0, 0.05) is 0 Å². The van der Waals surface area contributed by atoms with Crippen LogP contribution in [-0.2, 0) is 0 Å². The zero-order chi connectivity index (χ0) is 3.58. The summed E-state index contributed by atoms with van der Waals surface area (Å²) < 4.78 is 0. The average Bonchev–Trinajstić information content (AvgIpc) is 0.811. The smallest absolute Gasteiger partial charge is 1.00 e. The van der Waals surface area contributed by atoms with Gasteiger partial charge in [0.15, 0.2) is 9.04 Å². The molecule has 0 aliphatic carbocycles. The minimum atomic E-state index is -1.14. The van der Waals surface area contributed by atoms with E-state index >= 15 is 0 Å². The second-order valence-corrected chi connectivity index (χ2v) is 3.28. The van der Waals surface area contributed by atoms with Crippen molar-refractivity contribution in [3.63, 3.8) is 0 Å². The first-order valence-corrected chi connectivity index (χ1v) is 4.24. The molecule has 0 atom stereocenters. The van der Waals surface area contributed by atoms with Gasteiger partial charge in [-0.3, -0.25) is 0 Å². The van der Waals surface area contributed by atoms with Gasteiger partial charge in [0.05, 0.1) is 0 Å². The molecule has 0 rings (SSSR count). The second-order valence-electron chi connectivity index (χ2n) is 1.09. The Hall–Kier alpha value is 3.45. The summed E-state index contributed by atoms with van der Waals surface area (Å²) in [5.41, 5.74) is 0. The van der Waals surface area contributed by atoms with E-state index in [2.05, 4.69) is 0 Å². The van der Waals surface area contributed by atoms with Gasteiger partial charge >= 0.3 is 103 Å². The van der Waals surface area contributed by atoms with Gasteiger partial charge in [-0.1, -0.05) is 0 Å². The van der Waals surface area contributed by atoms with Crippen LogP contribution < -0.4 is 103 Å². The molecule has 1 nitrogen and oxygen atoms in total. The number of hydrogen-bond donors (Lipinski definition) is 1. The SMILES string of the molecule is C[SiH](C)O.[H-].[H-].[K+].[K+]. The van der Waals surface area contributed by atoms with Crippen molar-refractivity contribution in [2.75, 3.05) is 0 Å². The molecule has 0 radical (unpaired) electrons. The maximum atomic E-state index is 8.19. The number of rotatable bonds is 0. The topological polar surface area (TPSA) is 20.2 Å². The third-order valence-corrected chi connectivity index (χ3v) is 0. The Labute approximate surface area is 129 Å². The fraction of sp³-hybridized carbons (Fsp3) is 1.00. The molecule has 0 heterocycles. The van der Waals surface area contributed by atoms with Crippen LogP contribution in [0.2, 0.25) is 13.1 Å². The van der Waals surface area contributed by atoms with Crippen LogP contribution in [0.15, 0.2) is 0 Å². The molecular formula is C2H10K2OSi. The molecule has 0 spiro atoms. The summed E-state index contributed by atoms with van der Waals surface area (Å²) in [4.78, 5) is 8.19. The Bertz CT molecular complexity index is 22.8. The predicted octanol–water partition coefficient (Wildman–Crippen LogP) is -5.80. The van der Waals surface area contributed by atoms with E-state index in [1.54, 1.807) is 0 Å². The molecule has 0 saturated heterocycles. The van der Waals surface area contributed by atoms with Crippen LogP contribution in [0.1, 0.15) is 2.85 Å². The van der Waals surface area contributed by atoms with E-state index in [1.807, 2.05) is 13.1 Å². The second kappa shape index (κ2) is 11.3. The van der Waals surface area contributed by atoms with Gasteiger partial charge in [0.25, 0.3) is 0 Å². The van der Waals surface area contributed by atoms with Gasteiger partial charge < -0.3 is 7.65 Å². The van der Waals surface area contributed by atoms with Crippen molar-refractivity contribution < 1.29 is 110 Å². The van der Waals surface area contributed by atoms with Gasteiger partial charge in [0.2, 0.25) is 0 Å². The van der Waals surface area contributed by atoms with E-state index in [4.69, 9.17) is 4.80 Å². The summed E-state index contributed by atoms with van der Waals surface area (Å²) in [6.45, 7) is 3.72. The maximum absolute atomic E-state index is 8.19. The van der Waals surface area contributed by atoms with Gasteiger partial charge in [0.1, 0.15) is 0 Å². The fourth-order valence-electron chi connectivity index (χ4n) is 0. The van der Waals surface area contributed by atoms with Gasteiger partial charge in [-0.15, -0.1) is 0 Å². The molecule has 30 valence electrons. The van der Waals surface area contributed by atoms with Crippen LogP contribution in [-0.4, -0.2) is 13.8 Å². The predicted molar refractivity (Wildman–Crippen MR) is 23.3 cm³/mol. The van der Waals surface area contributed by atoms with Gasteiger partial charge in [-0.25, -0.2) is 0 Å². The van der Waals surface area contributed by atoms with Crippen molar-refractivity contribution in [1.82, 2.24) is 0 Å². The molecule has 0 fully saturated rings. The Morgan fingerprint density at radius 2 is 1.33 bits per heavy atom. The summed E-state index contributed by atoms with van der Waals surface area (Å²) in [5, 5.41) is 0. The molecule has 6 heavy (non-hydrogen) atoms. The van der Waals surface area contributed by atoms with Crippen molar-refractivity contribution in [2.45, 2.75) is 13.1 Å². The third kappa shape index (κ3) is 26.0. The third-order valence-electron chi connectivity index (χ3n) is 0. The van der Waals surface area contributed by atoms with Gasteiger partial charge in [-0.2, -0.15) is 0 Å². The average molecular weight is 156 g/mol. The van der Waals surface area contributed by atoms with E-state index in [0.717, 1.165) is 0 Å². The van der Waals surface area contributed by atoms with Crippen LogP contribution in [0.4, 0.5) is 0 Å². The summed E-state index contributed by atoms with van der Waals surface area (Å²) in [5.74, 6) is 0. The molecule has 0 unspecified atom stereocenters. The summed E-state index contributed by atoms with van der Waals surface area (Å²) in [6, 6.07) is 0. The van der Waals surface area contributed by atoms with E-state index in [-0.39, 0.29) is 106 Å². The van der Waals surface area contributed by atoms with Crippen molar-refractivity contribution in [2.24, 2.45) is 0 Å². The molecule has 0 aliphatic rings. The largest absolute Gasteiger partial charge is 1.00 e. The van der Waals surface area contributed by atoms with Crippen molar-refractivity contribution >= 4 is 9.04 Å². The minimum absolute atomic E-state index is 0. The first-order valence-electron chi connectivity index (χ1n) is 1.41. The molecule has 0 bridgehead atoms. The Morgan fingerprint density at radius 3 is 1.33 bits per heavy atom. The molecule has 4 heteroatoms.